The number of hydrogen-bond donors (Lipinski definition) is 2. The fraction of sp³-hybridized carbons (Fsp3) is 0.455. The van der Waals surface area contributed by atoms with Crippen LogP contribution in [0.3, 0.4) is 0 Å². The van der Waals surface area contributed by atoms with Crippen molar-refractivity contribution in [2.24, 2.45) is 22.6 Å². The molecule has 0 fully saturated rings. The number of nitrogens with two attached hydrogens (primary N) is 2. The molecule has 88 valence electrons. The van der Waals surface area contributed by atoms with Gasteiger partial charge >= 0.3 is 0 Å². The molecule has 5 heteroatoms. The number of pyridine rings is 1. The van der Waals surface area contributed by atoms with Crippen molar-refractivity contribution < 1.29 is 0 Å². The molecule has 0 spiro atoms. The van der Waals surface area contributed by atoms with Gasteiger partial charge in [-0.05, 0) is 24.0 Å². The van der Waals surface area contributed by atoms with Gasteiger partial charge in [0.2, 0.25) is 0 Å². The molecule has 0 radical (unpaired) electrons. The molecule has 16 heavy (non-hydrogen) atoms. The average Bonchev–Trinajstić information content (AvgIpc) is 2.26. The maximum absolute atomic E-state index is 5.44. The first-order valence-corrected chi connectivity index (χ1v) is 6.22. The summed E-state index contributed by atoms with van der Waals surface area (Å²) < 4.78 is 0. The normalized spacial score (nSPS) is 12.1. The van der Waals surface area contributed by atoms with Crippen LogP contribution in [0.4, 0.5) is 0 Å². The van der Waals surface area contributed by atoms with Gasteiger partial charge in [0, 0.05) is 12.1 Å². The largest absolute Gasteiger partial charge is 0.322 e. The summed E-state index contributed by atoms with van der Waals surface area (Å²) in [5.74, 6) is 6.36. The zero-order valence-corrected chi connectivity index (χ0v) is 10.5. The van der Waals surface area contributed by atoms with Gasteiger partial charge in [-0.15, -0.1) is 0 Å². The fourth-order valence-corrected chi connectivity index (χ4v) is 1.90. The molecule has 0 bridgehead atoms. The predicted octanol–water partition coefficient (Wildman–Crippen LogP) is 1.55. The average molecular weight is 238 g/mol. The Hall–Kier alpha value is -1.07. The number of thioether (sulfide) groups is 1. The van der Waals surface area contributed by atoms with E-state index in [9.17, 15) is 0 Å². The zero-order valence-electron chi connectivity index (χ0n) is 9.68. The first kappa shape index (κ1) is 13.0. The molecule has 1 aromatic heterocycles. The standard InChI is InChI=1S/C11H18N4S/c1-8(2)5-9-3-4-10(14-6-9)11(15-13)16-7-12/h3-4,6,8H,5,7,12-13H2,1-2H3/b15-11-. The van der Waals surface area contributed by atoms with Crippen LogP contribution in [0.25, 0.3) is 0 Å². The molecule has 0 aliphatic carbocycles. The van der Waals surface area contributed by atoms with E-state index < -0.39 is 0 Å². The van der Waals surface area contributed by atoms with Crippen molar-refractivity contribution in [1.29, 1.82) is 0 Å². The maximum Gasteiger partial charge on any atom is 0.143 e. The van der Waals surface area contributed by atoms with Gasteiger partial charge in [-0.25, -0.2) is 0 Å². The van der Waals surface area contributed by atoms with Crippen LogP contribution < -0.4 is 11.6 Å². The Morgan fingerprint density at radius 2 is 2.25 bits per heavy atom. The molecule has 0 aliphatic heterocycles. The third-order valence-corrected chi connectivity index (χ3v) is 2.78. The monoisotopic (exact) mass is 238 g/mol. The Morgan fingerprint density at radius 3 is 2.69 bits per heavy atom. The van der Waals surface area contributed by atoms with Gasteiger partial charge < -0.3 is 11.6 Å². The van der Waals surface area contributed by atoms with Crippen molar-refractivity contribution in [3.8, 4) is 0 Å². The van der Waals surface area contributed by atoms with Gasteiger partial charge in [-0.3, -0.25) is 4.98 Å². The highest BCUT2D eigenvalue weighted by Gasteiger charge is 2.05. The smallest absolute Gasteiger partial charge is 0.143 e. The third kappa shape index (κ3) is 3.83. The lowest BCUT2D eigenvalue weighted by molar-refractivity contribution is 0.645. The lowest BCUT2D eigenvalue weighted by Crippen LogP contribution is -2.07. The second kappa shape index (κ2) is 6.50. The van der Waals surface area contributed by atoms with E-state index >= 15 is 0 Å². The first-order chi connectivity index (χ1) is 7.67. The highest BCUT2D eigenvalue weighted by molar-refractivity contribution is 8.14. The van der Waals surface area contributed by atoms with Gasteiger partial charge in [-0.2, -0.15) is 5.10 Å². The Balaban J connectivity index is 2.77. The lowest BCUT2D eigenvalue weighted by Gasteiger charge is -2.06. The van der Waals surface area contributed by atoms with Crippen LogP contribution in [-0.2, 0) is 6.42 Å². The molecule has 0 saturated heterocycles. The highest BCUT2D eigenvalue weighted by atomic mass is 32.2. The van der Waals surface area contributed by atoms with Gasteiger partial charge in [-0.1, -0.05) is 31.7 Å². The minimum Gasteiger partial charge on any atom is -0.322 e. The molecule has 0 amide bonds. The molecule has 0 aliphatic rings. The summed E-state index contributed by atoms with van der Waals surface area (Å²) in [5, 5.41) is 4.35. The number of rotatable bonds is 4. The van der Waals surface area contributed by atoms with Crippen molar-refractivity contribution >= 4 is 16.8 Å². The van der Waals surface area contributed by atoms with E-state index in [1.807, 2.05) is 12.3 Å². The molecular formula is C11H18N4S. The van der Waals surface area contributed by atoms with Crippen LogP contribution in [0.1, 0.15) is 25.1 Å². The third-order valence-electron chi connectivity index (χ3n) is 2.03. The second-order valence-electron chi connectivity index (χ2n) is 3.89. The van der Waals surface area contributed by atoms with E-state index in [-0.39, 0.29) is 0 Å². The Bertz CT molecular complexity index is 346. The van der Waals surface area contributed by atoms with Crippen molar-refractivity contribution in [2.45, 2.75) is 20.3 Å². The van der Waals surface area contributed by atoms with Gasteiger partial charge in [0.1, 0.15) is 5.04 Å². The van der Waals surface area contributed by atoms with Gasteiger partial charge in [0.25, 0.3) is 0 Å². The number of hydrazone groups is 1. The molecule has 1 aromatic rings. The topological polar surface area (TPSA) is 77.3 Å². The predicted molar refractivity (Wildman–Crippen MR) is 70.1 cm³/mol. The minimum atomic E-state index is 0.450. The summed E-state index contributed by atoms with van der Waals surface area (Å²) in [7, 11) is 0. The van der Waals surface area contributed by atoms with E-state index in [1.165, 1.54) is 17.3 Å². The molecule has 0 aromatic carbocycles. The van der Waals surface area contributed by atoms with Gasteiger partial charge in [0.15, 0.2) is 0 Å². The van der Waals surface area contributed by atoms with E-state index in [0.717, 1.165) is 12.1 Å². The van der Waals surface area contributed by atoms with E-state index in [0.29, 0.717) is 16.8 Å². The molecule has 0 unspecified atom stereocenters. The van der Waals surface area contributed by atoms with Crippen LogP contribution in [0, 0.1) is 5.92 Å². The summed E-state index contributed by atoms with van der Waals surface area (Å²) in [6.07, 6.45) is 2.91. The van der Waals surface area contributed by atoms with Crippen LogP contribution in [0.5, 0.6) is 0 Å². The van der Waals surface area contributed by atoms with Crippen molar-refractivity contribution in [3.63, 3.8) is 0 Å². The zero-order chi connectivity index (χ0) is 12.0. The van der Waals surface area contributed by atoms with Crippen LogP contribution in [0.15, 0.2) is 23.4 Å². The molecule has 0 saturated carbocycles. The first-order valence-electron chi connectivity index (χ1n) is 5.23. The molecule has 4 nitrogen and oxygen atoms in total. The summed E-state index contributed by atoms with van der Waals surface area (Å²) in [6.45, 7) is 4.37. The van der Waals surface area contributed by atoms with Crippen molar-refractivity contribution in [1.82, 2.24) is 4.98 Å². The van der Waals surface area contributed by atoms with Crippen molar-refractivity contribution in [2.75, 3.05) is 5.88 Å². The molecule has 1 rings (SSSR count). The van der Waals surface area contributed by atoms with E-state index in [4.69, 9.17) is 11.6 Å². The van der Waals surface area contributed by atoms with Crippen LogP contribution in [-0.4, -0.2) is 15.9 Å². The summed E-state index contributed by atoms with van der Waals surface area (Å²) in [4.78, 5) is 4.33. The molecule has 4 N–H and O–H groups in total. The fourth-order valence-electron chi connectivity index (χ4n) is 1.40. The quantitative estimate of drug-likeness (QED) is 0.274. The SMILES string of the molecule is CC(C)Cc1ccc(/C(=N/N)SCN)nc1. The number of nitrogens with zero attached hydrogens (tertiary/aromatic N) is 2. The van der Waals surface area contributed by atoms with E-state index in [2.05, 4.69) is 30.0 Å². The Labute approximate surface area is 101 Å². The minimum absolute atomic E-state index is 0.450. The molecular weight excluding hydrogens is 220 g/mol. The van der Waals surface area contributed by atoms with E-state index in [1.54, 1.807) is 0 Å². The summed E-state index contributed by atoms with van der Waals surface area (Å²) in [6, 6.07) is 4.00. The maximum atomic E-state index is 5.44. The number of hydrogen-bond acceptors (Lipinski definition) is 5. The molecule has 1 heterocycles. The van der Waals surface area contributed by atoms with Crippen LogP contribution >= 0.6 is 11.8 Å². The second-order valence-corrected chi connectivity index (χ2v) is 4.90. The highest BCUT2D eigenvalue weighted by Crippen LogP contribution is 2.12. The number of aromatic nitrogens is 1. The summed E-state index contributed by atoms with van der Waals surface area (Å²) >= 11 is 1.39. The Kier molecular flexibility index (Phi) is 5.28. The molecule has 0 atom stereocenters. The van der Waals surface area contributed by atoms with Gasteiger partial charge in [0.05, 0.1) is 5.69 Å². The lowest BCUT2D eigenvalue weighted by atomic mass is 10.0. The van der Waals surface area contributed by atoms with Crippen LogP contribution in [0.2, 0.25) is 0 Å². The summed E-state index contributed by atoms with van der Waals surface area (Å²) in [5.41, 5.74) is 7.45. The Morgan fingerprint density at radius 1 is 1.50 bits per heavy atom. The van der Waals surface area contributed by atoms with Crippen molar-refractivity contribution in [3.05, 3.63) is 29.6 Å².